The van der Waals surface area contributed by atoms with E-state index in [1.807, 2.05) is 12.1 Å². The first-order valence-corrected chi connectivity index (χ1v) is 5.98. The average molecular weight is 221 g/mol. The number of rotatable bonds is 6. The zero-order valence-electron chi connectivity index (χ0n) is 10.8. The summed E-state index contributed by atoms with van der Waals surface area (Å²) in [4.78, 5) is 0. The molecule has 0 radical (unpaired) electrons. The van der Waals surface area contributed by atoms with Gasteiger partial charge in [-0.25, -0.2) is 0 Å². The largest absolute Gasteiger partial charge is 0.496 e. The number of benzene rings is 1. The van der Waals surface area contributed by atoms with E-state index >= 15 is 0 Å². The summed E-state index contributed by atoms with van der Waals surface area (Å²) >= 11 is 0. The van der Waals surface area contributed by atoms with Gasteiger partial charge in [-0.2, -0.15) is 0 Å². The minimum atomic E-state index is 0.481. The smallest absolute Gasteiger partial charge is 0.122 e. The van der Waals surface area contributed by atoms with Crippen LogP contribution in [0.25, 0.3) is 0 Å². The predicted octanol–water partition coefficient (Wildman–Crippen LogP) is 3.04. The first-order chi connectivity index (χ1) is 7.65. The van der Waals surface area contributed by atoms with Crippen LogP contribution in [-0.4, -0.2) is 20.2 Å². The van der Waals surface area contributed by atoms with Crippen molar-refractivity contribution >= 4 is 0 Å². The van der Waals surface area contributed by atoms with E-state index in [0.717, 1.165) is 18.8 Å². The molecule has 0 bridgehead atoms. The molecule has 1 rings (SSSR count). The number of methoxy groups -OCH3 is 1. The molecule has 0 saturated heterocycles. The van der Waals surface area contributed by atoms with Gasteiger partial charge in [0.15, 0.2) is 0 Å². The zero-order chi connectivity index (χ0) is 12.0. The summed E-state index contributed by atoms with van der Waals surface area (Å²) in [6.07, 6.45) is 0. The average Bonchev–Trinajstić information content (AvgIpc) is 2.28. The quantitative estimate of drug-likeness (QED) is 0.797. The van der Waals surface area contributed by atoms with Gasteiger partial charge in [-0.1, -0.05) is 39.0 Å². The van der Waals surface area contributed by atoms with Crippen LogP contribution in [0.5, 0.6) is 5.75 Å². The van der Waals surface area contributed by atoms with Gasteiger partial charge < -0.3 is 10.1 Å². The molecule has 2 heteroatoms. The van der Waals surface area contributed by atoms with E-state index in [4.69, 9.17) is 4.74 Å². The Labute approximate surface area is 99.0 Å². The maximum absolute atomic E-state index is 5.37. The molecule has 1 unspecified atom stereocenters. The summed E-state index contributed by atoms with van der Waals surface area (Å²) < 4.78 is 5.37. The van der Waals surface area contributed by atoms with E-state index in [1.165, 1.54) is 5.56 Å². The van der Waals surface area contributed by atoms with Crippen LogP contribution < -0.4 is 10.1 Å². The molecule has 0 saturated carbocycles. The zero-order valence-corrected chi connectivity index (χ0v) is 10.8. The number of para-hydroxylation sites is 1. The van der Waals surface area contributed by atoms with Gasteiger partial charge in [0.25, 0.3) is 0 Å². The minimum Gasteiger partial charge on any atom is -0.496 e. The minimum absolute atomic E-state index is 0.481. The van der Waals surface area contributed by atoms with Gasteiger partial charge in [0.2, 0.25) is 0 Å². The summed E-state index contributed by atoms with van der Waals surface area (Å²) in [5.74, 6) is 2.17. The van der Waals surface area contributed by atoms with Crippen molar-refractivity contribution in [2.45, 2.75) is 26.7 Å². The lowest BCUT2D eigenvalue weighted by Crippen LogP contribution is -2.24. The van der Waals surface area contributed by atoms with Gasteiger partial charge in [0.1, 0.15) is 5.75 Å². The Balaban J connectivity index is 2.55. The van der Waals surface area contributed by atoms with Crippen molar-refractivity contribution in [1.82, 2.24) is 5.32 Å². The van der Waals surface area contributed by atoms with Crippen molar-refractivity contribution in [1.29, 1.82) is 0 Å². The Morgan fingerprint density at radius 2 is 1.81 bits per heavy atom. The highest BCUT2D eigenvalue weighted by Gasteiger charge is 2.10. The monoisotopic (exact) mass is 221 g/mol. The Bertz CT molecular complexity index is 309. The molecule has 0 amide bonds. The predicted molar refractivity (Wildman–Crippen MR) is 69.1 cm³/mol. The molecular formula is C14H23NO. The fraction of sp³-hybridized carbons (Fsp3) is 0.571. The first-order valence-electron chi connectivity index (χ1n) is 5.98. The molecule has 0 spiro atoms. The fourth-order valence-electron chi connectivity index (χ4n) is 1.77. The molecule has 1 aromatic rings. The van der Waals surface area contributed by atoms with Crippen molar-refractivity contribution in [2.75, 3.05) is 20.2 Å². The lowest BCUT2D eigenvalue weighted by Gasteiger charge is -2.17. The Morgan fingerprint density at radius 3 is 2.44 bits per heavy atom. The SMILES string of the molecule is COc1ccccc1C(C)CNCC(C)C. The van der Waals surface area contributed by atoms with Crippen molar-refractivity contribution in [2.24, 2.45) is 5.92 Å². The summed E-state index contributed by atoms with van der Waals surface area (Å²) in [5.41, 5.74) is 1.28. The first kappa shape index (κ1) is 13.0. The highest BCUT2D eigenvalue weighted by atomic mass is 16.5. The molecule has 0 aromatic heterocycles. The maximum atomic E-state index is 5.37. The number of ether oxygens (including phenoxy) is 1. The van der Waals surface area contributed by atoms with Gasteiger partial charge in [0, 0.05) is 6.54 Å². The number of nitrogens with one attached hydrogen (secondary N) is 1. The molecule has 0 fully saturated rings. The summed E-state index contributed by atoms with van der Waals surface area (Å²) in [7, 11) is 1.73. The summed E-state index contributed by atoms with van der Waals surface area (Å²) in [6, 6.07) is 8.24. The molecular weight excluding hydrogens is 198 g/mol. The van der Waals surface area contributed by atoms with Crippen LogP contribution in [0.15, 0.2) is 24.3 Å². The second-order valence-electron chi connectivity index (χ2n) is 4.70. The van der Waals surface area contributed by atoms with Crippen LogP contribution in [0.2, 0.25) is 0 Å². The topological polar surface area (TPSA) is 21.3 Å². The van der Waals surface area contributed by atoms with E-state index in [2.05, 4.69) is 38.2 Å². The Morgan fingerprint density at radius 1 is 1.12 bits per heavy atom. The Kier molecular flexibility index (Phi) is 5.33. The van der Waals surface area contributed by atoms with Crippen LogP contribution in [0, 0.1) is 5.92 Å². The molecule has 1 atom stereocenters. The van der Waals surface area contributed by atoms with Gasteiger partial charge in [-0.05, 0) is 30.0 Å². The van der Waals surface area contributed by atoms with Crippen LogP contribution >= 0.6 is 0 Å². The van der Waals surface area contributed by atoms with Gasteiger partial charge in [-0.15, -0.1) is 0 Å². The highest BCUT2D eigenvalue weighted by Crippen LogP contribution is 2.25. The lowest BCUT2D eigenvalue weighted by molar-refractivity contribution is 0.404. The molecule has 0 aliphatic heterocycles. The molecule has 90 valence electrons. The van der Waals surface area contributed by atoms with E-state index in [9.17, 15) is 0 Å². The number of hydrogen-bond acceptors (Lipinski definition) is 2. The van der Waals surface area contributed by atoms with Gasteiger partial charge in [0.05, 0.1) is 7.11 Å². The summed E-state index contributed by atoms with van der Waals surface area (Å²) in [6.45, 7) is 8.74. The maximum Gasteiger partial charge on any atom is 0.122 e. The third-order valence-electron chi connectivity index (χ3n) is 2.67. The van der Waals surface area contributed by atoms with Gasteiger partial charge >= 0.3 is 0 Å². The molecule has 0 aliphatic rings. The van der Waals surface area contributed by atoms with E-state index in [0.29, 0.717) is 11.8 Å². The lowest BCUT2D eigenvalue weighted by atomic mass is 10.00. The van der Waals surface area contributed by atoms with Crippen molar-refractivity contribution in [3.63, 3.8) is 0 Å². The molecule has 16 heavy (non-hydrogen) atoms. The van der Waals surface area contributed by atoms with Crippen molar-refractivity contribution in [3.05, 3.63) is 29.8 Å². The molecule has 2 nitrogen and oxygen atoms in total. The van der Waals surface area contributed by atoms with Crippen LogP contribution in [0.3, 0.4) is 0 Å². The normalized spacial score (nSPS) is 12.8. The van der Waals surface area contributed by atoms with E-state index in [1.54, 1.807) is 7.11 Å². The fourth-order valence-corrected chi connectivity index (χ4v) is 1.77. The number of hydrogen-bond donors (Lipinski definition) is 1. The second-order valence-corrected chi connectivity index (χ2v) is 4.70. The Hall–Kier alpha value is -1.02. The summed E-state index contributed by atoms with van der Waals surface area (Å²) in [5, 5.41) is 3.48. The van der Waals surface area contributed by atoms with E-state index in [-0.39, 0.29) is 0 Å². The van der Waals surface area contributed by atoms with Crippen LogP contribution in [0.1, 0.15) is 32.3 Å². The second kappa shape index (κ2) is 6.54. The molecule has 1 aromatic carbocycles. The van der Waals surface area contributed by atoms with Crippen molar-refractivity contribution < 1.29 is 4.74 Å². The molecule has 1 N–H and O–H groups in total. The third-order valence-corrected chi connectivity index (χ3v) is 2.67. The molecule has 0 aliphatic carbocycles. The van der Waals surface area contributed by atoms with E-state index < -0.39 is 0 Å². The van der Waals surface area contributed by atoms with Crippen molar-refractivity contribution in [3.8, 4) is 5.75 Å². The van der Waals surface area contributed by atoms with Crippen LogP contribution in [-0.2, 0) is 0 Å². The molecule has 0 heterocycles. The standard InChI is InChI=1S/C14H23NO/c1-11(2)9-15-10-12(3)13-7-5-6-8-14(13)16-4/h5-8,11-12,15H,9-10H2,1-4H3. The van der Waals surface area contributed by atoms with Crippen LogP contribution in [0.4, 0.5) is 0 Å². The third kappa shape index (κ3) is 3.86. The van der Waals surface area contributed by atoms with Gasteiger partial charge in [-0.3, -0.25) is 0 Å². The highest BCUT2D eigenvalue weighted by molar-refractivity contribution is 5.35.